The van der Waals surface area contributed by atoms with E-state index in [0.29, 0.717) is 55.6 Å². The minimum atomic E-state index is -4.61. The predicted octanol–water partition coefficient (Wildman–Crippen LogP) is 8.04. The van der Waals surface area contributed by atoms with Gasteiger partial charge in [0, 0.05) is 121 Å². The second kappa shape index (κ2) is 19.4. The highest BCUT2D eigenvalue weighted by atomic mass is 35.5. The van der Waals surface area contributed by atoms with Crippen LogP contribution in [0, 0.1) is 15.5 Å². The van der Waals surface area contributed by atoms with Crippen molar-refractivity contribution >= 4 is 70.9 Å². The van der Waals surface area contributed by atoms with Crippen LogP contribution in [0.5, 0.6) is 11.5 Å². The fourth-order valence-corrected chi connectivity index (χ4v) is 11.8. The van der Waals surface area contributed by atoms with E-state index in [4.69, 9.17) is 16.3 Å². The summed E-state index contributed by atoms with van der Waals surface area (Å²) < 4.78 is 52.7. The zero-order valence-electron chi connectivity index (χ0n) is 37.6. The Balaban J connectivity index is 0.985. The average Bonchev–Trinajstić information content (AvgIpc) is 3.76. The number of sulfonamides is 1. The Kier molecular flexibility index (Phi) is 13.8. The van der Waals surface area contributed by atoms with Crippen LogP contribution in [0.4, 0.5) is 17.1 Å². The van der Waals surface area contributed by atoms with E-state index < -0.39 is 41.2 Å². The zero-order chi connectivity index (χ0) is 46.8. The van der Waals surface area contributed by atoms with Gasteiger partial charge in [0.1, 0.15) is 22.8 Å². The first kappa shape index (κ1) is 47.0. The number of carbonyl (C=O) groups excluding carboxylic acids is 1. The monoisotopic (exact) mass is 957 g/mol. The molecule has 19 heteroatoms. The second-order valence-electron chi connectivity index (χ2n) is 18.1. The van der Waals surface area contributed by atoms with Crippen LogP contribution in [0.2, 0.25) is 5.02 Å². The van der Waals surface area contributed by atoms with Gasteiger partial charge in [0.2, 0.25) is 0 Å². The molecule has 66 heavy (non-hydrogen) atoms. The molecule has 1 amide bonds. The molecule has 1 atom stereocenters. The number of hydrogen-bond donors (Lipinski definition) is 3. The quantitative estimate of drug-likeness (QED) is 0.0717. The van der Waals surface area contributed by atoms with E-state index in [9.17, 15) is 27.5 Å². The zero-order valence-corrected chi connectivity index (χ0v) is 40.0. The molecule has 8 rings (SSSR count). The summed E-state index contributed by atoms with van der Waals surface area (Å²) in [5.74, 6) is 0.385. The number of pyridine rings is 1. The number of nitro groups is 1. The summed E-state index contributed by atoms with van der Waals surface area (Å²) in [6.07, 6.45) is 6.44. The van der Waals surface area contributed by atoms with Crippen LogP contribution in [0.3, 0.4) is 0 Å². The Morgan fingerprint density at radius 1 is 1.02 bits per heavy atom. The smallest absolute Gasteiger partial charge is 0.293 e. The number of amides is 1. The van der Waals surface area contributed by atoms with Crippen molar-refractivity contribution in [3.8, 4) is 11.5 Å². The number of ether oxygens (including phenoxy) is 1. The number of halogens is 1. The summed E-state index contributed by atoms with van der Waals surface area (Å²) in [6, 6.07) is 20.0. The Morgan fingerprint density at radius 3 is 2.47 bits per heavy atom. The molecule has 16 nitrogen and oxygen atoms in total. The third-order valence-corrected chi connectivity index (χ3v) is 16.7. The summed E-state index contributed by atoms with van der Waals surface area (Å²) in [7, 11) is -5.23. The number of nitro benzene ring substituents is 1. The van der Waals surface area contributed by atoms with Crippen LogP contribution < -0.4 is 19.7 Å². The molecule has 0 saturated carbocycles. The maximum Gasteiger partial charge on any atom is 0.293 e. The molecule has 2 aliphatic heterocycles. The van der Waals surface area contributed by atoms with E-state index in [-0.39, 0.29) is 28.5 Å². The van der Waals surface area contributed by atoms with Gasteiger partial charge in [0.25, 0.3) is 21.6 Å². The standard InChI is InChI=1S/C47H56ClN9O7S2/c1-32(30-55-21-23-65(61,49-4)24-22-55)52-42-12-10-39(27-43(42)57(59)60)66(62,63)53-46(58)40-11-9-37(26-44(40)64-38-25-34-14-16-50-45(34)51-29-38)56-19-17-54(18-20-56)31-35-13-15-47(2,3)28-41(35)33-5-7-36(48)8-6-33/h5-12,14,16,25-27,29,32,52H,13,15,17-24,28,30-31H2,1-4H3,(H,50,51)(H,53,58)/t32-/m0/s1. The Bertz CT molecular complexity index is 2890. The Morgan fingerprint density at radius 2 is 1.76 bits per heavy atom. The van der Waals surface area contributed by atoms with Gasteiger partial charge in [-0.25, -0.2) is 26.7 Å². The van der Waals surface area contributed by atoms with Gasteiger partial charge in [-0.2, -0.15) is 0 Å². The molecule has 3 N–H and O–H groups in total. The number of carbonyl (C=O) groups is 1. The van der Waals surface area contributed by atoms with Crippen molar-refractivity contribution in [3.63, 3.8) is 0 Å². The summed E-state index contributed by atoms with van der Waals surface area (Å²) in [6.45, 7) is 12.1. The van der Waals surface area contributed by atoms with Gasteiger partial charge in [-0.15, -0.1) is 0 Å². The minimum Gasteiger partial charge on any atom is -0.455 e. The van der Waals surface area contributed by atoms with Gasteiger partial charge in [-0.05, 0) is 91.3 Å². The molecule has 0 bridgehead atoms. The SMILES string of the molecule is CN=S1(=O)CCN(C[C@H](C)Nc2ccc(S(=O)(=O)NC(=O)c3ccc(N4CCN(CC5=C(c6ccc(Cl)cc6)CC(C)(C)CC5)CC4)cc3Oc3cnc4[nH]ccc4c3)cc2[N+](=O)[O-])CC1. The van der Waals surface area contributed by atoms with Gasteiger partial charge in [-0.1, -0.05) is 43.2 Å². The average molecular weight is 959 g/mol. The molecule has 3 aromatic carbocycles. The van der Waals surface area contributed by atoms with Crippen molar-refractivity contribution in [2.45, 2.75) is 51.0 Å². The number of H-pyrrole nitrogens is 1. The van der Waals surface area contributed by atoms with Crippen LogP contribution in [0.1, 0.15) is 56.0 Å². The highest BCUT2D eigenvalue weighted by Gasteiger charge is 2.31. The molecule has 4 heterocycles. The van der Waals surface area contributed by atoms with Gasteiger partial charge >= 0.3 is 0 Å². The maximum absolute atomic E-state index is 14.0. The molecule has 5 aromatic rings. The highest BCUT2D eigenvalue weighted by Crippen LogP contribution is 2.43. The van der Waals surface area contributed by atoms with Gasteiger partial charge in [0.05, 0.1) is 21.6 Å². The Labute approximate surface area is 391 Å². The Hall–Kier alpha value is -5.53. The summed E-state index contributed by atoms with van der Waals surface area (Å²) in [4.78, 5) is 39.4. The normalized spacial score (nSPS) is 18.5. The van der Waals surface area contributed by atoms with E-state index in [1.165, 1.54) is 41.1 Å². The topological polar surface area (TPSA) is 195 Å². The van der Waals surface area contributed by atoms with Crippen molar-refractivity contribution in [1.82, 2.24) is 24.5 Å². The lowest BCUT2D eigenvalue weighted by atomic mass is 9.72. The van der Waals surface area contributed by atoms with E-state index in [2.05, 4.69) is 65.0 Å². The maximum atomic E-state index is 14.0. The number of fused-ring (bicyclic) bond motifs is 1. The van der Waals surface area contributed by atoms with E-state index in [1.807, 2.05) is 25.1 Å². The number of rotatable bonds is 14. The number of piperazine rings is 1. The first-order valence-corrected chi connectivity index (χ1v) is 25.8. The van der Waals surface area contributed by atoms with Gasteiger partial charge in [0.15, 0.2) is 0 Å². The molecule has 2 fully saturated rings. The van der Waals surface area contributed by atoms with E-state index in [0.717, 1.165) is 61.1 Å². The summed E-state index contributed by atoms with van der Waals surface area (Å²) in [5.41, 5.74) is 5.35. The molecule has 1 aliphatic carbocycles. The number of benzene rings is 3. The summed E-state index contributed by atoms with van der Waals surface area (Å²) >= 11 is 6.25. The molecular formula is C47H56ClN9O7S2. The lowest BCUT2D eigenvalue weighted by Gasteiger charge is -2.39. The van der Waals surface area contributed by atoms with Crippen LogP contribution in [-0.4, -0.2) is 120 Å². The van der Waals surface area contributed by atoms with Crippen LogP contribution in [0.25, 0.3) is 16.6 Å². The summed E-state index contributed by atoms with van der Waals surface area (Å²) in [5, 5.41) is 16.9. The number of nitrogens with one attached hydrogen (secondary N) is 3. The third kappa shape index (κ3) is 11.0. The van der Waals surface area contributed by atoms with E-state index in [1.54, 1.807) is 31.4 Å². The largest absolute Gasteiger partial charge is 0.455 e. The predicted molar refractivity (Wildman–Crippen MR) is 261 cm³/mol. The van der Waals surface area contributed by atoms with E-state index >= 15 is 0 Å². The van der Waals surface area contributed by atoms with Crippen LogP contribution in [0.15, 0.2) is 100 Å². The highest BCUT2D eigenvalue weighted by molar-refractivity contribution is 7.93. The molecule has 350 valence electrons. The van der Waals surface area contributed by atoms with Crippen molar-refractivity contribution < 1.29 is 27.1 Å². The first-order chi connectivity index (χ1) is 31.5. The lowest BCUT2D eigenvalue weighted by molar-refractivity contribution is -0.384. The molecule has 2 saturated heterocycles. The number of nitrogens with zero attached hydrogens (tertiary/aromatic N) is 6. The van der Waals surface area contributed by atoms with Gasteiger partial charge < -0.3 is 19.9 Å². The third-order valence-electron chi connectivity index (χ3n) is 12.8. The number of allylic oxidation sites excluding steroid dienone is 1. The number of anilines is 2. The molecule has 0 spiro atoms. The number of aromatic amines is 1. The van der Waals surface area contributed by atoms with Crippen molar-refractivity contribution in [2.75, 3.05) is 81.1 Å². The van der Waals surface area contributed by atoms with Gasteiger partial charge in [-0.3, -0.25) is 24.7 Å². The number of aromatic nitrogens is 2. The van der Waals surface area contributed by atoms with Crippen molar-refractivity contribution in [3.05, 3.63) is 117 Å². The molecule has 2 aromatic heterocycles. The molecule has 0 unspecified atom stereocenters. The second-order valence-corrected chi connectivity index (χ2v) is 23.0. The molecule has 3 aliphatic rings. The minimum absolute atomic E-state index is 0.0558. The van der Waals surface area contributed by atoms with Crippen LogP contribution >= 0.6 is 11.6 Å². The van der Waals surface area contributed by atoms with Crippen LogP contribution in [-0.2, 0) is 19.8 Å². The lowest BCUT2D eigenvalue weighted by Crippen LogP contribution is -2.47. The molecule has 0 radical (unpaired) electrons. The molecular weight excluding hydrogens is 902 g/mol. The fraction of sp³-hybridized carbons (Fsp3) is 0.404. The first-order valence-electron chi connectivity index (χ1n) is 22.1. The fourth-order valence-electron chi connectivity index (χ4n) is 8.99. The van der Waals surface area contributed by atoms with Crippen molar-refractivity contribution in [2.24, 2.45) is 9.78 Å². The van der Waals surface area contributed by atoms with Crippen molar-refractivity contribution in [1.29, 1.82) is 0 Å². The number of hydrogen-bond acceptors (Lipinski definition) is 13.